The standard InChI is InChI=1S/C25H19N3O3/c1-15-7-11-17(12-8-15)22-21(23(31-28-22)18-13-9-16(2)10-14-18)24(29)27-25-26-19-5-3-4-6-20(19)30-25/h3-14H,1-2H3,(H,26,27,29). The lowest BCUT2D eigenvalue weighted by Gasteiger charge is -2.05. The molecule has 0 bridgehead atoms. The molecule has 0 saturated heterocycles. The number of oxazole rings is 1. The Labute approximate surface area is 178 Å². The first kappa shape index (κ1) is 18.8. The maximum absolute atomic E-state index is 13.4. The third-order valence-corrected chi connectivity index (χ3v) is 5.07. The minimum absolute atomic E-state index is 0.122. The van der Waals surface area contributed by atoms with Gasteiger partial charge in [-0.25, -0.2) is 0 Å². The number of carbonyl (C=O) groups is 1. The number of para-hydroxylation sites is 2. The van der Waals surface area contributed by atoms with E-state index in [1.165, 1.54) is 0 Å². The number of rotatable bonds is 4. The largest absolute Gasteiger partial charge is 0.423 e. The van der Waals surface area contributed by atoms with E-state index in [0.29, 0.717) is 28.1 Å². The molecule has 0 aliphatic carbocycles. The average molecular weight is 409 g/mol. The molecule has 6 heteroatoms. The Hall–Kier alpha value is -4.19. The number of nitrogens with one attached hydrogen (secondary N) is 1. The van der Waals surface area contributed by atoms with Gasteiger partial charge in [0.05, 0.1) is 0 Å². The quantitative estimate of drug-likeness (QED) is 0.393. The second-order valence-corrected chi connectivity index (χ2v) is 7.41. The number of aromatic nitrogens is 2. The molecule has 2 aromatic heterocycles. The molecule has 152 valence electrons. The van der Waals surface area contributed by atoms with Crippen LogP contribution in [-0.4, -0.2) is 16.0 Å². The summed E-state index contributed by atoms with van der Waals surface area (Å²) in [4.78, 5) is 17.7. The van der Waals surface area contributed by atoms with Crippen LogP contribution in [0.1, 0.15) is 21.5 Å². The van der Waals surface area contributed by atoms with Crippen molar-refractivity contribution in [3.05, 3.63) is 89.5 Å². The van der Waals surface area contributed by atoms with E-state index in [-0.39, 0.29) is 6.01 Å². The summed E-state index contributed by atoms with van der Waals surface area (Å²) < 4.78 is 11.3. The molecule has 0 atom stereocenters. The molecule has 6 nitrogen and oxygen atoms in total. The Morgan fingerprint density at radius 1 is 0.839 bits per heavy atom. The molecule has 0 aliphatic heterocycles. The lowest BCUT2D eigenvalue weighted by Crippen LogP contribution is -2.13. The van der Waals surface area contributed by atoms with Crippen molar-refractivity contribution in [2.75, 3.05) is 5.32 Å². The summed E-state index contributed by atoms with van der Waals surface area (Å²) in [6, 6.07) is 23.0. The SMILES string of the molecule is Cc1ccc(-c2noc(-c3ccc(C)cc3)c2C(=O)Nc2nc3ccccc3o2)cc1. The monoisotopic (exact) mass is 409 g/mol. The Morgan fingerprint density at radius 2 is 1.48 bits per heavy atom. The molecule has 0 unspecified atom stereocenters. The van der Waals surface area contributed by atoms with Gasteiger partial charge in [0.2, 0.25) is 0 Å². The van der Waals surface area contributed by atoms with E-state index in [0.717, 1.165) is 22.3 Å². The minimum atomic E-state index is -0.404. The third-order valence-electron chi connectivity index (χ3n) is 5.07. The number of fused-ring (bicyclic) bond motifs is 1. The molecule has 0 aliphatic rings. The highest BCUT2D eigenvalue weighted by molar-refractivity contribution is 6.11. The predicted octanol–water partition coefficient (Wildman–Crippen LogP) is 6.02. The predicted molar refractivity (Wildman–Crippen MR) is 119 cm³/mol. The molecular formula is C25H19N3O3. The molecule has 0 radical (unpaired) electrons. The molecule has 1 amide bonds. The zero-order valence-corrected chi connectivity index (χ0v) is 17.0. The topological polar surface area (TPSA) is 81.2 Å². The lowest BCUT2D eigenvalue weighted by molar-refractivity contribution is 0.102. The van der Waals surface area contributed by atoms with Crippen molar-refractivity contribution in [3.63, 3.8) is 0 Å². The van der Waals surface area contributed by atoms with Gasteiger partial charge in [0.25, 0.3) is 5.91 Å². The highest BCUT2D eigenvalue weighted by atomic mass is 16.5. The van der Waals surface area contributed by atoms with Gasteiger partial charge in [0, 0.05) is 11.1 Å². The van der Waals surface area contributed by atoms with E-state index >= 15 is 0 Å². The van der Waals surface area contributed by atoms with Crippen LogP contribution in [0, 0.1) is 13.8 Å². The lowest BCUT2D eigenvalue weighted by atomic mass is 10.0. The van der Waals surface area contributed by atoms with Gasteiger partial charge in [-0.3, -0.25) is 10.1 Å². The fourth-order valence-corrected chi connectivity index (χ4v) is 3.40. The molecule has 2 heterocycles. The summed E-state index contributed by atoms with van der Waals surface area (Å²) in [7, 11) is 0. The van der Waals surface area contributed by atoms with E-state index in [9.17, 15) is 4.79 Å². The molecule has 0 spiro atoms. The molecule has 0 saturated carbocycles. The number of anilines is 1. The van der Waals surface area contributed by atoms with Crippen LogP contribution in [0.3, 0.4) is 0 Å². The van der Waals surface area contributed by atoms with Crippen molar-refractivity contribution in [2.24, 2.45) is 0 Å². The van der Waals surface area contributed by atoms with Gasteiger partial charge in [-0.05, 0) is 26.0 Å². The average Bonchev–Trinajstić information content (AvgIpc) is 3.39. The summed E-state index contributed by atoms with van der Waals surface area (Å²) in [5.74, 6) is -0.0110. The zero-order valence-electron chi connectivity index (χ0n) is 17.0. The number of amides is 1. The molecule has 1 N–H and O–H groups in total. The molecular weight excluding hydrogens is 390 g/mol. The highest BCUT2D eigenvalue weighted by Gasteiger charge is 2.26. The van der Waals surface area contributed by atoms with E-state index in [1.807, 2.05) is 80.6 Å². The van der Waals surface area contributed by atoms with E-state index in [4.69, 9.17) is 8.94 Å². The zero-order chi connectivity index (χ0) is 21.4. The minimum Gasteiger partial charge on any atom is -0.423 e. The molecule has 5 rings (SSSR count). The van der Waals surface area contributed by atoms with Gasteiger partial charge in [-0.1, -0.05) is 76.9 Å². The van der Waals surface area contributed by atoms with Gasteiger partial charge in [0.1, 0.15) is 16.8 Å². The fourth-order valence-electron chi connectivity index (χ4n) is 3.40. The Balaban J connectivity index is 1.59. The Morgan fingerprint density at radius 3 is 2.16 bits per heavy atom. The van der Waals surface area contributed by atoms with Crippen molar-refractivity contribution in [1.29, 1.82) is 0 Å². The molecule has 0 fully saturated rings. The normalized spacial score (nSPS) is 11.0. The Kier molecular flexibility index (Phi) is 4.59. The van der Waals surface area contributed by atoms with Crippen LogP contribution in [-0.2, 0) is 0 Å². The highest BCUT2D eigenvalue weighted by Crippen LogP contribution is 2.33. The second-order valence-electron chi connectivity index (χ2n) is 7.41. The smallest absolute Gasteiger partial charge is 0.302 e. The van der Waals surface area contributed by atoms with Crippen LogP contribution in [0.15, 0.2) is 81.7 Å². The van der Waals surface area contributed by atoms with E-state index in [1.54, 1.807) is 6.07 Å². The number of aryl methyl sites for hydroxylation is 2. The number of hydrogen-bond acceptors (Lipinski definition) is 5. The number of nitrogens with zero attached hydrogens (tertiary/aromatic N) is 2. The summed E-state index contributed by atoms with van der Waals surface area (Å²) in [5, 5.41) is 6.99. The summed E-state index contributed by atoms with van der Waals surface area (Å²) in [5.41, 5.74) is 5.83. The maximum Gasteiger partial charge on any atom is 0.302 e. The molecule has 31 heavy (non-hydrogen) atoms. The first-order chi connectivity index (χ1) is 15.1. The van der Waals surface area contributed by atoms with Crippen LogP contribution in [0.5, 0.6) is 0 Å². The van der Waals surface area contributed by atoms with Crippen molar-refractivity contribution >= 4 is 23.0 Å². The van der Waals surface area contributed by atoms with Gasteiger partial charge < -0.3 is 8.94 Å². The first-order valence-corrected chi connectivity index (χ1v) is 9.89. The second kappa shape index (κ2) is 7.57. The summed E-state index contributed by atoms with van der Waals surface area (Å²) >= 11 is 0. The van der Waals surface area contributed by atoms with Gasteiger partial charge >= 0.3 is 6.01 Å². The van der Waals surface area contributed by atoms with Crippen molar-refractivity contribution < 1.29 is 13.7 Å². The van der Waals surface area contributed by atoms with Crippen LogP contribution in [0.4, 0.5) is 6.01 Å². The van der Waals surface area contributed by atoms with E-state index in [2.05, 4.69) is 15.5 Å². The van der Waals surface area contributed by atoms with Crippen LogP contribution in [0.25, 0.3) is 33.7 Å². The Bertz CT molecular complexity index is 1280. The fraction of sp³-hybridized carbons (Fsp3) is 0.0800. The van der Waals surface area contributed by atoms with Crippen molar-refractivity contribution in [2.45, 2.75) is 13.8 Å². The number of carbonyl (C=O) groups excluding carboxylic acids is 1. The molecule has 3 aromatic carbocycles. The molecule has 5 aromatic rings. The van der Waals surface area contributed by atoms with Crippen molar-refractivity contribution in [3.8, 4) is 22.6 Å². The summed E-state index contributed by atoms with van der Waals surface area (Å²) in [6.07, 6.45) is 0. The van der Waals surface area contributed by atoms with Crippen LogP contribution >= 0.6 is 0 Å². The number of benzene rings is 3. The van der Waals surface area contributed by atoms with Crippen LogP contribution < -0.4 is 5.32 Å². The van der Waals surface area contributed by atoms with Gasteiger partial charge in [-0.15, -0.1) is 0 Å². The van der Waals surface area contributed by atoms with Gasteiger partial charge in [0.15, 0.2) is 11.3 Å². The van der Waals surface area contributed by atoms with E-state index < -0.39 is 5.91 Å². The first-order valence-electron chi connectivity index (χ1n) is 9.89. The third kappa shape index (κ3) is 3.59. The maximum atomic E-state index is 13.4. The van der Waals surface area contributed by atoms with Gasteiger partial charge in [-0.2, -0.15) is 4.98 Å². The summed E-state index contributed by atoms with van der Waals surface area (Å²) in [6.45, 7) is 4.01. The van der Waals surface area contributed by atoms with Crippen LogP contribution in [0.2, 0.25) is 0 Å². The number of hydrogen-bond donors (Lipinski definition) is 1. The van der Waals surface area contributed by atoms with Crippen molar-refractivity contribution in [1.82, 2.24) is 10.1 Å².